The summed E-state index contributed by atoms with van der Waals surface area (Å²) in [5.41, 5.74) is 1.91. The zero-order valence-electron chi connectivity index (χ0n) is 13.6. The number of aryl methyl sites for hydroxylation is 1. The highest BCUT2D eigenvalue weighted by Gasteiger charge is 1.89. The zero-order valence-corrected chi connectivity index (χ0v) is 13.6. The van der Waals surface area contributed by atoms with Crippen LogP contribution in [0.15, 0.2) is 24.3 Å². The number of nitriles is 1. The van der Waals surface area contributed by atoms with Gasteiger partial charge in [0, 0.05) is 0 Å². The molecule has 0 fully saturated rings. The Morgan fingerprint density at radius 1 is 0.750 bits per heavy atom. The second kappa shape index (κ2) is 14.1. The average molecular weight is 273 g/mol. The molecule has 0 heterocycles. The molecule has 20 heavy (non-hydrogen) atoms. The monoisotopic (exact) mass is 273 g/mol. The molecule has 0 spiro atoms. The van der Waals surface area contributed by atoms with Crippen molar-refractivity contribution in [1.82, 2.24) is 0 Å². The van der Waals surface area contributed by atoms with Gasteiger partial charge in [-0.3, -0.25) is 0 Å². The van der Waals surface area contributed by atoms with E-state index in [2.05, 4.69) is 19.9 Å². The van der Waals surface area contributed by atoms with Crippen molar-refractivity contribution >= 4 is 0 Å². The molecule has 112 valence electrons. The molecule has 0 atom stereocenters. The molecule has 1 nitrogen and oxygen atoms in total. The molecule has 0 aliphatic carbocycles. The number of hydrogen-bond donors (Lipinski definition) is 0. The second-order valence-corrected chi connectivity index (χ2v) is 5.45. The molecular weight excluding hydrogens is 242 g/mol. The van der Waals surface area contributed by atoms with E-state index in [1.807, 2.05) is 31.2 Å². The molecule has 0 bridgehead atoms. The molecule has 1 aromatic rings. The summed E-state index contributed by atoms with van der Waals surface area (Å²) in [6.07, 6.45) is 13.0. The number of benzene rings is 1. The Bertz CT molecular complexity index is 337. The first-order valence-electron chi connectivity index (χ1n) is 8.21. The highest BCUT2D eigenvalue weighted by Crippen LogP contribution is 2.08. The molecule has 0 unspecified atom stereocenters. The summed E-state index contributed by atoms with van der Waals surface area (Å²) in [6, 6.07) is 9.54. The van der Waals surface area contributed by atoms with Crippen LogP contribution >= 0.6 is 0 Å². The Morgan fingerprint density at radius 3 is 1.50 bits per heavy atom. The van der Waals surface area contributed by atoms with Crippen molar-refractivity contribution in [2.75, 3.05) is 0 Å². The SMILES string of the molecule is CCCCCCCCCCC.Cc1ccc(C#N)cc1. The van der Waals surface area contributed by atoms with Gasteiger partial charge in [-0.1, -0.05) is 89.3 Å². The maximum absolute atomic E-state index is 8.38. The fourth-order valence-electron chi connectivity index (χ4n) is 2.01. The first kappa shape index (κ1) is 18.7. The molecule has 0 saturated carbocycles. The smallest absolute Gasteiger partial charge is 0.0991 e. The molecule has 0 amide bonds. The lowest BCUT2D eigenvalue weighted by molar-refractivity contribution is 0.572. The van der Waals surface area contributed by atoms with Gasteiger partial charge in [0.05, 0.1) is 11.6 Å². The van der Waals surface area contributed by atoms with Crippen molar-refractivity contribution in [2.24, 2.45) is 0 Å². The van der Waals surface area contributed by atoms with E-state index in [9.17, 15) is 0 Å². The molecule has 0 aromatic heterocycles. The predicted octanol–water partition coefficient (Wildman–Crippen LogP) is 6.40. The first-order chi connectivity index (χ1) is 9.74. The van der Waals surface area contributed by atoms with E-state index in [-0.39, 0.29) is 0 Å². The minimum Gasteiger partial charge on any atom is -0.192 e. The summed E-state index contributed by atoms with van der Waals surface area (Å²) in [5.74, 6) is 0. The number of rotatable bonds is 8. The van der Waals surface area contributed by atoms with Crippen LogP contribution in [-0.2, 0) is 0 Å². The number of hydrogen-bond acceptors (Lipinski definition) is 1. The summed E-state index contributed by atoms with van der Waals surface area (Å²) < 4.78 is 0. The Balaban J connectivity index is 0.000000367. The third-order valence-corrected chi connectivity index (χ3v) is 3.39. The third-order valence-electron chi connectivity index (χ3n) is 3.39. The van der Waals surface area contributed by atoms with Crippen molar-refractivity contribution in [3.8, 4) is 6.07 Å². The highest BCUT2D eigenvalue weighted by molar-refractivity contribution is 5.30. The van der Waals surface area contributed by atoms with E-state index < -0.39 is 0 Å². The van der Waals surface area contributed by atoms with Gasteiger partial charge in [-0.05, 0) is 19.1 Å². The van der Waals surface area contributed by atoms with Gasteiger partial charge in [0.2, 0.25) is 0 Å². The van der Waals surface area contributed by atoms with E-state index in [4.69, 9.17) is 5.26 Å². The number of unbranched alkanes of at least 4 members (excludes halogenated alkanes) is 8. The normalized spacial score (nSPS) is 9.50. The van der Waals surface area contributed by atoms with Crippen LogP contribution < -0.4 is 0 Å². The van der Waals surface area contributed by atoms with Gasteiger partial charge < -0.3 is 0 Å². The standard InChI is InChI=1S/C11H24.C8H7N/c1-3-5-7-9-11-10-8-6-4-2;1-7-2-4-8(6-9)5-3-7/h3-11H2,1-2H3;2-5H,1H3. The maximum Gasteiger partial charge on any atom is 0.0991 e. The molecule has 0 N–H and O–H groups in total. The van der Waals surface area contributed by atoms with Crippen LogP contribution in [0.1, 0.15) is 82.8 Å². The average Bonchev–Trinajstić information content (AvgIpc) is 2.48. The third kappa shape index (κ3) is 11.8. The zero-order chi connectivity index (χ0) is 15.1. The van der Waals surface area contributed by atoms with Gasteiger partial charge >= 0.3 is 0 Å². The fourth-order valence-corrected chi connectivity index (χ4v) is 2.01. The van der Waals surface area contributed by atoms with E-state index in [1.165, 1.54) is 63.4 Å². The molecular formula is C19H31N. The van der Waals surface area contributed by atoms with Crippen molar-refractivity contribution in [1.29, 1.82) is 5.26 Å². The summed E-state index contributed by atoms with van der Waals surface area (Å²) in [4.78, 5) is 0. The predicted molar refractivity (Wildman–Crippen MR) is 88.8 cm³/mol. The van der Waals surface area contributed by atoms with Crippen LogP contribution in [0.4, 0.5) is 0 Å². The Kier molecular flexibility index (Phi) is 13.2. The Morgan fingerprint density at radius 2 is 1.15 bits per heavy atom. The van der Waals surface area contributed by atoms with Gasteiger partial charge in [-0.15, -0.1) is 0 Å². The molecule has 1 aromatic carbocycles. The van der Waals surface area contributed by atoms with Gasteiger partial charge in [0.1, 0.15) is 0 Å². The van der Waals surface area contributed by atoms with Crippen molar-refractivity contribution in [3.05, 3.63) is 35.4 Å². The molecule has 0 saturated heterocycles. The topological polar surface area (TPSA) is 23.8 Å². The van der Waals surface area contributed by atoms with Crippen LogP contribution in [0, 0.1) is 18.3 Å². The molecule has 0 aliphatic rings. The lowest BCUT2D eigenvalue weighted by Gasteiger charge is -1.98. The minimum absolute atomic E-state index is 0.723. The summed E-state index contributed by atoms with van der Waals surface area (Å²) in [7, 11) is 0. The van der Waals surface area contributed by atoms with Crippen molar-refractivity contribution in [2.45, 2.75) is 78.6 Å². The van der Waals surface area contributed by atoms with Crippen LogP contribution in [0.5, 0.6) is 0 Å². The number of nitrogens with zero attached hydrogens (tertiary/aromatic N) is 1. The second-order valence-electron chi connectivity index (χ2n) is 5.45. The minimum atomic E-state index is 0.723. The van der Waals surface area contributed by atoms with Gasteiger partial charge in [-0.25, -0.2) is 0 Å². The lowest BCUT2D eigenvalue weighted by atomic mass is 10.1. The van der Waals surface area contributed by atoms with Crippen LogP contribution in [0.2, 0.25) is 0 Å². The lowest BCUT2D eigenvalue weighted by Crippen LogP contribution is -1.79. The van der Waals surface area contributed by atoms with Crippen LogP contribution in [-0.4, -0.2) is 0 Å². The fraction of sp³-hybridized carbons (Fsp3) is 0.632. The summed E-state index contributed by atoms with van der Waals surface area (Å²) in [6.45, 7) is 6.55. The highest BCUT2D eigenvalue weighted by atomic mass is 14.2. The van der Waals surface area contributed by atoms with Gasteiger partial charge in [0.15, 0.2) is 0 Å². The van der Waals surface area contributed by atoms with Crippen molar-refractivity contribution < 1.29 is 0 Å². The van der Waals surface area contributed by atoms with Gasteiger partial charge in [0.25, 0.3) is 0 Å². The molecule has 1 heteroatoms. The van der Waals surface area contributed by atoms with E-state index in [0.717, 1.165) is 5.56 Å². The molecule has 0 aliphatic heterocycles. The van der Waals surface area contributed by atoms with E-state index in [1.54, 1.807) is 0 Å². The molecule has 1 rings (SSSR count). The van der Waals surface area contributed by atoms with Crippen LogP contribution in [0.25, 0.3) is 0 Å². The van der Waals surface area contributed by atoms with E-state index in [0.29, 0.717) is 0 Å². The summed E-state index contributed by atoms with van der Waals surface area (Å²) in [5, 5.41) is 8.38. The Labute approximate surface area is 126 Å². The summed E-state index contributed by atoms with van der Waals surface area (Å²) >= 11 is 0. The van der Waals surface area contributed by atoms with Crippen LogP contribution in [0.3, 0.4) is 0 Å². The largest absolute Gasteiger partial charge is 0.192 e. The quantitative estimate of drug-likeness (QED) is 0.502. The maximum atomic E-state index is 8.38. The van der Waals surface area contributed by atoms with Gasteiger partial charge in [-0.2, -0.15) is 5.26 Å². The first-order valence-corrected chi connectivity index (χ1v) is 8.21. The Hall–Kier alpha value is -1.29. The van der Waals surface area contributed by atoms with E-state index >= 15 is 0 Å². The molecule has 0 radical (unpaired) electrons. The van der Waals surface area contributed by atoms with Crippen molar-refractivity contribution in [3.63, 3.8) is 0 Å².